The van der Waals surface area contributed by atoms with Crippen LogP contribution in [0.2, 0.25) is 0 Å². The summed E-state index contributed by atoms with van der Waals surface area (Å²) in [6.07, 6.45) is 0. The first-order valence-electron chi connectivity index (χ1n) is 6.72. The van der Waals surface area contributed by atoms with Gasteiger partial charge in [0.1, 0.15) is 5.82 Å². The van der Waals surface area contributed by atoms with Gasteiger partial charge in [-0.05, 0) is 31.7 Å². The van der Waals surface area contributed by atoms with Crippen molar-refractivity contribution in [3.63, 3.8) is 0 Å². The number of likely N-dealkylation sites (N-methyl/N-ethyl adjacent to an activating group) is 1. The predicted octanol–water partition coefficient (Wildman–Crippen LogP) is 0.897. The Balaban J connectivity index is 0.00000484. The lowest BCUT2D eigenvalue weighted by atomic mass is 10.3. The molecule has 0 fully saturated rings. The Morgan fingerprint density at radius 2 is 1.74 bits per heavy atom. The first-order valence-corrected chi connectivity index (χ1v) is 9.86. The Morgan fingerprint density at radius 3 is 2.26 bits per heavy atom. The first kappa shape index (κ1) is 22.1. The summed E-state index contributed by atoms with van der Waals surface area (Å²) in [6, 6.07) is 3.01. The van der Waals surface area contributed by atoms with Gasteiger partial charge in [-0.15, -0.1) is 12.4 Å². The van der Waals surface area contributed by atoms with Crippen LogP contribution in [-0.4, -0.2) is 42.2 Å². The Morgan fingerprint density at radius 1 is 1.09 bits per heavy atom. The lowest BCUT2D eigenvalue weighted by Crippen LogP contribution is -2.31. The van der Waals surface area contributed by atoms with Gasteiger partial charge in [-0.2, -0.15) is 0 Å². The van der Waals surface area contributed by atoms with Gasteiger partial charge in [0, 0.05) is 13.1 Å². The van der Waals surface area contributed by atoms with Crippen LogP contribution in [0.15, 0.2) is 23.1 Å². The van der Waals surface area contributed by atoms with Crippen molar-refractivity contribution in [2.75, 3.05) is 30.1 Å². The molecule has 0 aliphatic carbocycles. The molecule has 1 aromatic carbocycles. The van der Waals surface area contributed by atoms with E-state index in [0.717, 1.165) is 18.2 Å². The van der Waals surface area contributed by atoms with Gasteiger partial charge in [-0.1, -0.05) is 6.92 Å². The normalized spacial score (nSPS) is 11.8. The molecule has 0 radical (unpaired) electrons. The number of hydrogen-bond acceptors (Lipinski definition) is 5. The molecule has 0 saturated heterocycles. The van der Waals surface area contributed by atoms with E-state index in [1.807, 2.05) is 11.6 Å². The zero-order chi connectivity index (χ0) is 16.8. The van der Waals surface area contributed by atoms with Crippen LogP contribution in [0.1, 0.15) is 13.8 Å². The Kier molecular flexibility index (Phi) is 9.00. The third-order valence-corrected chi connectivity index (χ3v) is 5.49. The summed E-state index contributed by atoms with van der Waals surface area (Å²) in [5.41, 5.74) is -0.284. The standard InChI is InChI=1S/C12H20FN3O4S2.ClH/c1-3-14-7-8-15-22(19,20)10-5-6-12(11(13)9-10)16-21(17,18)4-2;/h5-6,9,14-16H,3-4,7-8H2,1-2H3;1H. The smallest absolute Gasteiger partial charge is 0.240 e. The van der Waals surface area contributed by atoms with Gasteiger partial charge in [0.2, 0.25) is 20.0 Å². The second-order valence-electron chi connectivity index (χ2n) is 4.40. The Bertz CT molecular complexity index is 711. The third-order valence-electron chi connectivity index (χ3n) is 2.74. The van der Waals surface area contributed by atoms with Crippen molar-refractivity contribution in [1.29, 1.82) is 0 Å². The van der Waals surface area contributed by atoms with Crippen LogP contribution in [0.3, 0.4) is 0 Å². The molecule has 0 aliphatic heterocycles. The molecule has 11 heteroatoms. The lowest BCUT2D eigenvalue weighted by molar-refractivity contribution is 0.574. The molecule has 0 spiro atoms. The van der Waals surface area contributed by atoms with Crippen molar-refractivity contribution in [1.82, 2.24) is 10.0 Å². The zero-order valence-electron chi connectivity index (χ0n) is 12.8. The fourth-order valence-corrected chi connectivity index (χ4v) is 3.21. The average Bonchev–Trinajstić information content (AvgIpc) is 2.45. The van der Waals surface area contributed by atoms with Gasteiger partial charge in [-0.25, -0.2) is 25.9 Å². The quantitative estimate of drug-likeness (QED) is 0.544. The average molecular weight is 390 g/mol. The van der Waals surface area contributed by atoms with Gasteiger partial charge in [0.25, 0.3) is 0 Å². The molecule has 0 aromatic heterocycles. The summed E-state index contributed by atoms with van der Waals surface area (Å²) in [5.74, 6) is -1.16. The van der Waals surface area contributed by atoms with Gasteiger partial charge < -0.3 is 5.32 Å². The number of anilines is 1. The fraction of sp³-hybridized carbons (Fsp3) is 0.500. The van der Waals surface area contributed by atoms with E-state index in [0.29, 0.717) is 13.1 Å². The van der Waals surface area contributed by atoms with E-state index in [9.17, 15) is 21.2 Å². The molecule has 0 saturated carbocycles. The molecule has 1 rings (SSSR count). The molecule has 0 heterocycles. The minimum Gasteiger partial charge on any atom is -0.316 e. The van der Waals surface area contributed by atoms with E-state index in [-0.39, 0.29) is 35.3 Å². The van der Waals surface area contributed by atoms with Crippen molar-refractivity contribution in [3.8, 4) is 0 Å². The second-order valence-corrected chi connectivity index (χ2v) is 8.18. The molecule has 23 heavy (non-hydrogen) atoms. The van der Waals surface area contributed by atoms with Gasteiger partial charge in [0.05, 0.1) is 16.3 Å². The zero-order valence-corrected chi connectivity index (χ0v) is 15.2. The predicted molar refractivity (Wildman–Crippen MR) is 90.5 cm³/mol. The largest absolute Gasteiger partial charge is 0.316 e. The number of hydrogen-bond donors (Lipinski definition) is 3. The molecule has 0 atom stereocenters. The maximum absolute atomic E-state index is 13.9. The monoisotopic (exact) mass is 389 g/mol. The molecule has 0 amide bonds. The molecule has 0 aliphatic rings. The highest BCUT2D eigenvalue weighted by Crippen LogP contribution is 2.20. The molecular weight excluding hydrogens is 369 g/mol. The fourth-order valence-electron chi connectivity index (χ4n) is 1.52. The van der Waals surface area contributed by atoms with Crippen molar-refractivity contribution in [3.05, 3.63) is 24.0 Å². The van der Waals surface area contributed by atoms with Crippen molar-refractivity contribution in [2.45, 2.75) is 18.7 Å². The van der Waals surface area contributed by atoms with Gasteiger partial charge in [-0.3, -0.25) is 4.72 Å². The summed E-state index contributed by atoms with van der Waals surface area (Å²) in [6.45, 7) is 4.63. The highest BCUT2D eigenvalue weighted by atomic mass is 35.5. The SMILES string of the molecule is CCNCCNS(=O)(=O)c1ccc(NS(=O)(=O)CC)c(F)c1.Cl. The highest BCUT2D eigenvalue weighted by molar-refractivity contribution is 7.92. The maximum atomic E-state index is 13.9. The van der Waals surface area contributed by atoms with Gasteiger partial charge >= 0.3 is 0 Å². The number of sulfonamides is 2. The minimum atomic E-state index is -3.84. The Hall–Kier alpha value is -0.940. The summed E-state index contributed by atoms with van der Waals surface area (Å²) < 4.78 is 64.9. The van der Waals surface area contributed by atoms with Crippen molar-refractivity contribution in [2.24, 2.45) is 0 Å². The van der Waals surface area contributed by atoms with E-state index in [2.05, 4.69) is 10.0 Å². The second kappa shape index (κ2) is 9.38. The third kappa shape index (κ3) is 7.00. The van der Waals surface area contributed by atoms with E-state index in [1.165, 1.54) is 6.92 Å². The van der Waals surface area contributed by atoms with E-state index in [4.69, 9.17) is 0 Å². The summed E-state index contributed by atoms with van der Waals surface area (Å²) in [4.78, 5) is -0.263. The molecule has 134 valence electrons. The molecule has 7 nitrogen and oxygen atoms in total. The van der Waals surface area contributed by atoms with Crippen LogP contribution in [0.25, 0.3) is 0 Å². The summed E-state index contributed by atoms with van der Waals surface area (Å²) >= 11 is 0. The minimum absolute atomic E-state index is 0. The number of benzene rings is 1. The molecule has 1 aromatic rings. The number of nitrogens with one attached hydrogen (secondary N) is 3. The van der Waals surface area contributed by atoms with Crippen molar-refractivity contribution < 1.29 is 21.2 Å². The maximum Gasteiger partial charge on any atom is 0.240 e. The molecule has 3 N–H and O–H groups in total. The Labute approximate surface area is 142 Å². The molecule has 0 unspecified atom stereocenters. The van der Waals surface area contributed by atoms with E-state index >= 15 is 0 Å². The first-order chi connectivity index (χ1) is 10.2. The number of rotatable bonds is 9. The lowest BCUT2D eigenvalue weighted by Gasteiger charge is -2.10. The van der Waals surface area contributed by atoms with E-state index in [1.54, 1.807) is 0 Å². The van der Waals surface area contributed by atoms with Crippen LogP contribution in [-0.2, 0) is 20.0 Å². The summed E-state index contributed by atoms with van der Waals surface area (Å²) in [7, 11) is -7.46. The van der Waals surface area contributed by atoms with Crippen LogP contribution in [0.5, 0.6) is 0 Å². The number of halogens is 2. The van der Waals surface area contributed by atoms with E-state index < -0.39 is 25.9 Å². The van der Waals surface area contributed by atoms with Crippen molar-refractivity contribution >= 4 is 38.1 Å². The van der Waals surface area contributed by atoms with Crippen LogP contribution < -0.4 is 14.8 Å². The van der Waals surface area contributed by atoms with Gasteiger partial charge in [0.15, 0.2) is 0 Å². The summed E-state index contributed by atoms with van der Waals surface area (Å²) in [5, 5.41) is 2.95. The topological polar surface area (TPSA) is 104 Å². The molecule has 0 bridgehead atoms. The van der Waals surface area contributed by atoms with Crippen LogP contribution in [0.4, 0.5) is 10.1 Å². The van der Waals surface area contributed by atoms with Crippen LogP contribution >= 0.6 is 12.4 Å². The van der Waals surface area contributed by atoms with Crippen LogP contribution in [0, 0.1) is 5.82 Å². The molecular formula is C12H21ClFN3O4S2. The highest BCUT2D eigenvalue weighted by Gasteiger charge is 2.17.